The van der Waals surface area contributed by atoms with Crippen LogP contribution in [0.2, 0.25) is 5.02 Å². The fraction of sp³-hybridized carbons (Fsp3) is 0.350. The Labute approximate surface area is 148 Å². The number of halogens is 1. The van der Waals surface area contributed by atoms with Crippen molar-refractivity contribution in [3.8, 4) is 0 Å². The highest BCUT2D eigenvalue weighted by molar-refractivity contribution is 6.30. The smallest absolute Gasteiger partial charge is 0.230 e. The zero-order valence-corrected chi connectivity index (χ0v) is 14.7. The normalized spacial score (nSPS) is 15.3. The van der Waals surface area contributed by atoms with Crippen molar-refractivity contribution < 1.29 is 4.79 Å². The van der Waals surface area contributed by atoms with E-state index in [1.165, 1.54) is 0 Å². The van der Waals surface area contributed by atoms with Crippen LogP contribution < -0.4 is 9.80 Å². The number of hydrogen-bond acceptors (Lipinski definition) is 2. The maximum Gasteiger partial charge on any atom is 0.230 e. The number of anilines is 2. The molecule has 4 heteroatoms. The van der Waals surface area contributed by atoms with Crippen LogP contribution in [0, 0.1) is 5.92 Å². The Kier molecular flexibility index (Phi) is 5.41. The third-order valence-electron chi connectivity index (χ3n) is 4.67. The lowest BCUT2D eigenvalue weighted by Crippen LogP contribution is -2.42. The number of benzene rings is 2. The molecule has 0 aliphatic carbocycles. The molecule has 0 saturated carbocycles. The van der Waals surface area contributed by atoms with Crippen LogP contribution in [-0.4, -0.2) is 25.5 Å². The predicted molar refractivity (Wildman–Crippen MR) is 101 cm³/mol. The van der Waals surface area contributed by atoms with Crippen LogP contribution in [0.1, 0.15) is 19.8 Å². The van der Waals surface area contributed by atoms with Crippen molar-refractivity contribution in [2.75, 3.05) is 29.4 Å². The fourth-order valence-corrected chi connectivity index (χ4v) is 3.54. The molecule has 3 nitrogen and oxygen atoms in total. The number of para-hydroxylation sites is 1. The van der Waals surface area contributed by atoms with Gasteiger partial charge < -0.3 is 9.80 Å². The number of nitrogens with zero attached hydrogens (tertiary/aromatic N) is 2. The zero-order chi connectivity index (χ0) is 16.9. The summed E-state index contributed by atoms with van der Waals surface area (Å²) < 4.78 is 0. The van der Waals surface area contributed by atoms with E-state index in [-0.39, 0.29) is 11.8 Å². The Bertz CT molecular complexity index is 681. The summed E-state index contributed by atoms with van der Waals surface area (Å²) >= 11 is 6.08. The molecule has 0 bridgehead atoms. The van der Waals surface area contributed by atoms with Gasteiger partial charge >= 0.3 is 0 Å². The Morgan fingerprint density at radius 1 is 1.12 bits per heavy atom. The first-order valence-electron chi connectivity index (χ1n) is 8.56. The minimum absolute atomic E-state index is 0.0978. The van der Waals surface area contributed by atoms with Gasteiger partial charge in [0.05, 0.1) is 0 Å². The second-order valence-corrected chi connectivity index (χ2v) is 6.60. The predicted octanol–water partition coefficient (Wildman–Crippen LogP) is 4.61. The monoisotopic (exact) mass is 342 g/mol. The van der Waals surface area contributed by atoms with Crippen LogP contribution in [0.25, 0.3) is 0 Å². The first-order chi connectivity index (χ1) is 11.7. The SMILES string of the molecule is CCN(C(=O)C1CCN(c2cccc(Cl)c2)CC1)c1ccccc1. The lowest BCUT2D eigenvalue weighted by molar-refractivity contribution is -0.122. The Morgan fingerprint density at radius 2 is 1.83 bits per heavy atom. The molecule has 1 amide bonds. The number of carbonyl (C=O) groups excluding carboxylic acids is 1. The third kappa shape index (κ3) is 3.73. The number of rotatable bonds is 4. The average Bonchev–Trinajstić information content (AvgIpc) is 2.63. The molecular weight excluding hydrogens is 320 g/mol. The van der Waals surface area contributed by atoms with Gasteiger partial charge in [0.25, 0.3) is 0 Å². The molecule has 0 unspecified atom stereocenters. The Balaban J connectivity index is 1.64. The highest BCUT2D eigenvalue weighted by Gasteiger charge is 2.28. The fourth-order valence-electron chi connectivity index (χ4n) is 3.35. The number of carbonyl (C=O) groups is 1. The molecule has 0 aromatic heterocycles. The molecule has 0 atom stereocenters. The van der Waals surface area contributed by atoms with Crippen LogP contribution in [0.15, 0.2) is 54.6 Å². The standard InChI is InChI=1S/C20H23ClN2O/c1-2-23(18-8-4-3-5-9-18)20(24)16-11-13-22(14-12-16)19-10-6-7-17(21)15-19/h3-10,15-16H,2,11-14H2,1H3. The molecule has 126 valence electrons. The summed E-state index contributed by atoms with van der Waals surface area (Å²) in [6.07, 6.45) is 1.77. The van der Waals surface area contributed by atoms with Gasteiger partial charge in [0.2, 0.25) is 5.91 Å². The largest absolute Gasteiger partial charge is 0.371 e. The van der Waals surface area contributed by atoms with Gasteiger partial charge in [-0.25, -0.2) is 0 Å². The van der Waals surface area contributed by atoms with E-state index in [0.29, 0.717) is 6.54 Å². The zero-order valence-electron chi connectivity index (χ0n) is 14.0. The molecule has 1 aliphatic heterocycles. The Hall–Kier alpha value is -2.00. The van der Waals surface area contributed by atoms with Crippen molar-refractivity contribution >= 4 is 28.9 Å². The molecule has 24 heavy (non-hydrogen) atoms. The maximum atomic E-state index is 12.9. The van der Waals surface area contributed by atoms with Gasteiger partial charge in [-0.2, -0.15) is 0 Å². The first-order valence-corrected chi connectivity index (χ1v) is 8.93. The minimum Gasteiger partial charge on any atom is -0.371 e. The molecule has 1 saturated heterocycles. The molecular formula is C20H23ClN2O. The van der Waals surface area contributed by atoms with Crippen molar-refractivity contribution in [2.24, 2.45) is 5.92 Å². The van der Waals surface area contributed by atoms with E-state index in [0.717, 1.165) is 42.3 Å². The summed E-state index contributed by atoms with van der Waals surface area (Å²) in [5.41, 5.74) is 2.13. The lowest BCUT2D eigenvalue weighted by Gasteiger charge is -2.35. The first kappa shape index (κ1) is 16.8. The van der Waals surface area contributed by atoms with Crippen LogP contribution in [0.3, 0.4) is 0 Å². The van der Waals surface area contributed by atoms with E-state index < -0.39 is 0 Å². The highest BCUT2D eigenvalue weighted by Crippen LogP contribution is 2.27. The molecule has 2 aromatic carbocycles. The maximum absolute atomic E-state index is 12.9. The number of amides is 1. The van der Waals surface area contributed by atoms with Gasteiger partial charge in [0.1, 0.15) is 0 Å². The lowest BCUT2D eigenvalue weighted by atomic mass is 9.94. The molecule has 0 spiro atoms. The van der Waals surface area contributed by atoms with Gasteiger partial charge in [0, 0.05) is 41.9 Å². The van der Waals surface area contributed by atoms with Gasteiger partial charge in [-0.15, -0.1) is 0 Å². The van der Waals surface area contributed by atoms with E-state index in [1.54, 1.807) is 0 Å². The average molecular weight is 343 g/mol. The molecule has 2 aromatic rings. The van der Waals surface area contributed by atoms with E-state index in [9.17, 15) is 4.79 Å². The summed E-state index contributed by atoms with van der Waals surface area (Å²) in [6.45, 7) is 4.52. The van der Waals surface area contributed by atoms with E-state index in [4.69, 9.17) is 11.6 Å². The van der Waals surface area contributed by atoms with E-state index in [2.05, 4.69) is 11.0 Å². The molecule has 0 radical (unpaired) electrons. The van der Waals surface area contributed by atoms with Crippen LogP contribution >= 0.6 is 11.6 Å². The number of piperidine rings is 1. The van der Waals surface area contributed by atoms with Gasteiger partial charge in [0.15, 0.2) is 0 Å². The summed E-state index contributed by atoms with van der Waals surface area (Å²) in [4.78, 5) is 17.1. The third-order valence-corrected chi connectivity index (χ3v) is 4.90. The molecule has 3 rings (SSSR count). The quantitative estimate of drug-likeness (QED) is 0.810. The summed E-state index contributed by atoms with van der Waals surface area (Å²) in [6, 6.07) is 17.9. The summed E-state index contributed by atoms with van der Waals surface area (Å²) in [5, 5.41) is 0.756. The molecule has 1 aliphatic rings. The van der Waals surface area contributed by atoms with Crippen molar-refractivity contribution in [3.05, 3.63) is 59.6 Å². The Morgan fingerprint density at radius 3 is 2.46 bits per heavy atom. The van der Waals surface area contributed by atoms with Gasteiger partial charge in [-0.3, -0.25) is 4.79 Å². The topological polar surface area (TPSA) is 23.6 Å². The van der Waals surface area contributed by atoms with Crippen molar-refractivity contribution in [3.63, 3.8) is 0 Å². The van der Waals surface area contributed by atoms with Gasteiger partial charge in [-0.05, 0) is 50.1 Å². The minimum atomic E-state index is 0.0978. The highest BCUT2D eigenvalue weighted by atomic mass is 35.5. The van der Waals surface area contributed by atoms with E-state index in [1.807, 2.05) is 60.4 Å². The summed E-state index contributed by atoms with van der Waals surface area (Å²) in [5.74, 6) is 0.343. The molecule has 0 N–H and O–H groups in total. The second-order valence-electron chi connectivity index (χ2n) is 6.16. The van der Waals surface area contributed by atoms with Crippen molar-refractivity contribution in [1.82, 2.24) is 0 Å². The van der Waals surface area contributed by atoms with Crippen molar-refractivity contribution in [1.29, 1.82) is 0 Å². The van der Waals surface area contributed by atoms with Gasteiger partial charge in [-0.1, -0.05) is 35.9 Å². The summed E-state index contributed by atoms with van der Waals surface area (Å²) in [7, 11) is 0. The van der Waals surface area contributed by atoms with Crippen LogP contribution in [0.5, 0.6) is 0 Å². The van der Waals surface area contributed by atoms with E-state index >= 15 is 0 Å². The number of hydrogen-bond donors (Lipinski definition) is 0. The molecule has 1 fully saturated rings. The van der Waals surface area contributed by atoms with Crippen LogP contribution in [0.4, 0.5) is 11.4 Å². The second kappa shape index (κ2) is 7.71. The van der Waals surface area contributed by atoms with Crippen LogP contribution in [-0.2, 0) is 4.79 Å². The molecule has 1 heterocycles. The van der Waals surface area contributed by atoms with Crippen molar-refractivity contribution in [2.45, 2.75) is 19.8 Å².